The summed E-state index contributed by atoms with van der Waals surface area (Å²) in [6, 6.07) is 9.35. The molecule has 0 unspecified atom stereocenters. The molecule has 1 aromatic heterocycles. The van der Waals surface area contributed by atoms with Gasteiger partial charge in [0.15, 0.2) is 0 Å². The maximum atomic E-state index is 5.86. The molecule has 1 aliphatic carbocycles. The van der Waals surface area contributed by atoms with Crippen molar-refractivity contribution in [3.8, 4) is 10.6 Å². The Labute approximate surface area is 129 Å². The fraction of sp³-hybridized carbons (Fsp3) is 0.438. The standard InChI is InChI=1S/C16H19ClN2S/c1-19(14-6-4-7-14)10-12-5-2-3-8-15(12)16-18-13(9-17)11-20-16/h2-3,5,8,11,14H,4,6-7,9-10H2,1H3. The van der Waals surface area contributed by atoms with Crippen molar-refractivity contribution in [1.82, 2.24) is 9.88 Å². The Balaban J connectivity index is 1.83. The first-order chi connectivity index (χ1) is 9.78. The first-order valence-electron chi connectivity index (χ1n) is 7.07. The molecule has 1 aliphatic rings. The number of alkyl halides is 1. The number of rotatable bonds is 5. The second kappa shape index (κ2) is 6.25. The third-order valence-electron chi connectivity index (χ3n) is 4.05. The van der Waals surface area contributed by atoms with Crippen LogP contribution in [0.15, 0.2) is 29.6 Å². The van der Waals surface area contributed by atoms with Crippen LogP contribution in [0, 0.1) is 0 Å². The van der Waals surface area contributed by atoms with E-state index in [1.807, 2.05) is 0 Å². The summed E-state index contributed by atoms with van der Waals surface area (Å²) < 4.78 is 0. The summed E-state index contributed by atoms with van der Waals surface area (Å²) in [6.45, 7) is 0.997. The van der Waals surface area contributed by atoms with Crippen molar-refractivity contribution in [1.29, 1.82) is 0 Å². The van der Waals surface area contributed by atoms with Gasteiger partial charge in [0.05, 0.1) is 11.6 Å². The molecular formula is C16H19ClN2S. The van der Waals surface area contributed by atoms with E-state index in [-0.39, 0.29) is 0 Å². The van der Waals surface area contributed by atoms with Crippen LogP contribution < -0.4 is 0 Å². The lowest BCUT2D eigenvalue weighted by molar-refractivity contribution is 0.153. The van der Waals surface area contributed by atoms with Crippen LogP contribution in [0.2, 0.25) is 0 Å². The van der Waals surface area contributed by atoms with Gasteiger partial charge < -0.3 is 0 Å². The summed E-state index contributed by atoms with van der Waals surface area (Å²) in [5, 5.41) is 3.13. The highest BCUT2D eigenvalue weighted by molar-refractivity contribution is 7.13. The molecule has 0 N–H and O–H groups in total. The fourth-order valence-corrected chi connectivity index (χ4v) is 3.69. The van der Waals surface area contributed by atoms with Crippen molar-refractivity contribution in [3.63, 3.8) is 0 Å². The molecule has 1 saturated carbocycles. The van der Waals surface area contributed by atoms with Crippen LogP contribution in [0.25, 0.3) is 10.6 Å². The highest BCUT2D eigenvalue weighted by Gasteiger charge is 2.22. The van der Waals surface area contributed by atoms with E-state index in [0.717, 1.165) is 23.3 Å². The first-order valence-corrected chi connectivity index (χ1v) is 8.48. The molecule has 106 valence electrons. The molecule has 20 heavy (non-hydrogen) atoms. The van der Waals surface area contributed by atoms with E-state index in [4.69, 9.17) is 11.6 Å². The van der Waals surface area contributed by atoms with E-state index in [0.29, 0.717) is 5.88 Å². The van der Waals surface area contributed by atoms with E-state index >= 15 is 0 Å². The Kier molecular flexibility index (Phi) is 4.39. The van der Waals surface area contributed by atoms with Gasteiger partial charge in [0, 0.05) is 23.5 Å². The summed E-state index contributed by atoms with van der Waals surface area (Å²) in [6.07, 6.45) is 4.06. The van der Waals surface area contributed by atoms with Crippen LogP contribution in [0.5, 0.6) is 0 Å². The van der Waals surface area contributed by atoms with Crippen molar-refractivity contribution in [3.05, 3.63) is 40.9 Å². The quantitative estimate of drug-likeness (QED) is 0.754. The van der Waals surface area contributed by atoms with E-state index in [1.54, 1.807) is 11.3 Å². The lowest BCUT2D eigenvalue weighted by Crippen LogP contribution is -2.36. The molecule has 2 aromatic rings. The zero-order chi connectivity index (χ0) is 13.9. The van der Waals surface area contributed by atoms with Gasteiger partial charge in [-0.3, -0.25) is 4.90 Å². The number of aromatic nitrogens is 1. The highest BCUT2D eigenvalue weighted by Crippen LogP contribution is 2.30. The van der Waals surface area contributed by atoms with Crippen LogP contribution in [-0.4, -0.2) is 23.0 Å². The molecule has 2 nitrogen and oxygen atoms in total. The second-order valence-electron chi connectivity index (χ2n) is 5.43. The van der Waals surface area contributed by atoms with Crippen LogP contribution in [0.4, 0.5) is 0 Å². The van der Waals surface area contributed by atoms with Gasteiger partial charge in [-0.2, -0.15) is 0 Å². The van der Waals surface area contributed by atoms with Gasteiger partial charge in [-0.15, -0.1) is 22.9 Å². The molecule has 0 saturated heterocycles. The van der Waals surface area contributed by atoms with Gasteiger partial charge in [0.1, 0.15) is 5.01 Å². The molecule has 0 bridgehead atoms. The molecule has 1 aromatic carbocycles. The van der Waals surface area contributed by atoms with Gasteiger partial charge in [-0.1, -0.05) is 30.7 Å². The summed E-state index contributed by atoms with van der Waals surface area (Å²) in [5.74, 6) is 0.487. The highest BCUT2D eigenvalue weighted by atomic mass is 35.5. The zero-order valence-corrected chi connectivity index (χ0v) is 13.3. The third-order valence-corrected chi connectivity index (χ3v) is 5.25. The molecule has 0 radical (unpaired) electrons. The molecule has 0 aliphatic heterocycles. The van der Waals surface area contributed by atoms with Crippen LogP contribution in [-0.2, 0) is 12.4 Å². The summed E-state index contributed by atoms with van der Waals surface area (Å²) >= 11 is 7.54. The number of benzene rings is 1. The largest absolute Gasteiger partial charge is 0.299 e. The average Bonchev–Trinajstić information content (AvgIpc) is 2.86. The van der Waals surface area contributed by atoms with Gasteiger partial charge >= 0.3 is 0 Å². The van der Waals surface area contributed by atoms with Gasteiger partial charge in [0.2, 0.25) is 0 Å². The van der Waals surface area contributed by atoms with E-state index in [1.165, 1.54) is 30.4 Å². The van der Waals surface area contributed by atoms with Crippen molar-refractivity contribution >= 4 is 22.9 Å². The predicted molar refractivity (Wildman–Crippen MR) is 86.2 cm³/mol. The molecule has 1 heterocycles. The van der Waals surface area contributed by atoms with Crippen LogP contribution >= 0.6 is 22.9 Å². The van der Waals surface area contributed by atoms with Gasteiger partial charge in [-0.25, -0.2) is 4.98 Å². The maximum absolute atomic E-state index is 5.86. The predicted octanol–water partition coefficient (Wildman–Crippen LogP) is 4.53. The summed E-state index contributed by atoms with van der Waals surface area (Å²) in [7, 11) is 2.23. The number of halogens is 1. The lowest BCUT2D eigenvalue weighted by atomic mass is 9.91. The molecule has 1 fully saturated rings. The van der Waals surface area contributed by atoms with Crippen LogP contribution in [0.3, 0.4) is 0 Å². The average molecular weight is 307 g/mol. The third kappa shape index (κ3) is 2.90. The Morgan fingerprint density at radius 1 is 1.35 bits per heavy atom. The SMILES string of the molecule is CN(Cc1ccccc1-c1nc(CCl)cs1)C1CCC1. The van der Waals surface area contributed by atoms with Crippen molar-refractivity contribution in [2.75, 3.05) is 7.05 Å². The number of thiazole rings is 1. The molecular weight excluding hydrogens is 288 g/mol. The first kappa shape index (κ1) is 14.1. The Morgan fingerprint density at radius 2 is 2.15 bits per heavy atom. The Bertz CT molecular complexity index is 577. The maximum Gasteiger partial charge on any atom is 0.123 e. The number of hydrogen-bond donors (Lipinski definition) is 0. The molecule has 3 rings (SSSR count). The fourth-order valence-electron chi connectivity index (χ4n) is 2.58. The summed E-state index contributed by atoms with van der Waals surface area (Å²) in [4.78, 5) is 7.08. The second-order valence-corrected chi connectivity index (χ2v) is 6.56. The van der Waals surface area contributed by atoms with Gasteiger partial charge in [-0.05, 0) is 25.5 Å². The van der Waals surface area contributed by atoms with Crippen molar-refractivity contribution < 1.29 is 0 Å². The van der Waals surface area contributed by atoms with E-state index in [9.17, 15) is 0 Å². The minimum Gasteiger partial charge on any atom is -0.299 e. The Morgan fingerprint density at radius 3 is 2.80 bits per heavy atom. The minimum absolute atomic E-state index is 0.487. The monoisotopic (exact) mass is 306 g/mol. The smallest absolute Gasteiger partial charge is 0.123 e. The van der Waals surface area contributed by atoms with Gasteiger partial charge in [0.25, 0.3) is 0 Å². The number of hydrogen-bond acceptors (Lipinski definition) is 3. The normalized spacial score (nSPS) is 15.6. The Hall–Kier alpha value is -0.900. The van der Waals surface area contributed by atoms with Crippen molar-refractivity contribution in [2.24, 2.45) is 0 Å². The molecule has 0 spiro atoms. The topological polar surface area (TPSA) is 16.1 Å². The van der Waals surface area contributed by atoms with E-state index in [2.05, 4.69) is 46.6 Å². The van der Waals surface area contributed by atoms with Crippen LogP contribution in [0.1, 0.15) is 30.5 Å². The van der Waals surface area contributed by atoms with Crippen molar-refractivity contribution in [2.45, 2.75) is 37.7 Å². The minimum atomic E-state index is 0.487. The lowest BCUT2D eigenvalue weighted by Gasteiger charge is -2.35. The molecule has 0 atom stereocenters. The zero-order valence-electron chi connectivity index (χ0n) is 11.7. The number of nitrogens with zero attached hydrogens (tertiary/aromatic N) is 2. The molecule has 0 amide bonds. The molecule has 4 heteroatoms. The van der Waals surface area contributed by atoms with E-state index < -0.39 is 0 Å². The summed E-state index contributed by atoms with van der Waals surface area (Å²) in [5.41, 5.74) is 3.58.